The highest BCUT2D eigenvalue weighted by molar-refractivity contribution is 7.71. The molecule has 0 unspecified atom stereocenters. The number of H-pyrrole nitrogens is 1. The van der Waals surface area contributed by atoms with Crippen LogP contribution >= 0.6 is 12.2 Å². The van der Waals surface area contributed by atoms with Crippen LogP contribution in [-0.4, -0.2) is 51.5 Å². The topological polar surface area (TPSA) is 74.2 Å². The summed E-state index contributed by atoms with van der Waals surface area (Å²) >= 11 is 5.32. The smallest absolute Gasteiger partial charge is 0.262 e. The summed E-state index contributed by atoms with van der Waals surface area (Å²) in [6.07, 6.45) is 3.81. The molecule has 1 amide bonds. The Morgan fingerprint density at radius 2 is 1.79 bits per heavy atom. The molecule has 0 radical (unpaired) electrons. The van der Waals surface area contributed by atoms with E-state index in [-0.39, 0.29) is 24.4 Å². The van der Waals surface area contributed by atoms with Crippen molar-refractivity contribution in [2.75, 3.05) is 31.1 Å². The van der Waals surface area contributed by atoms with Crippen molar-refractivity contribution in [3.05, 3.63) is 63.9 Å². The number of amides is 1. The van der Waals surface area contributed by atoms with Gasteiger partial charge < -0.3 is 14.8 Å². The number of hydrogen-bond acceptors (Lipinski definition) is 5. The molecule has 7 nitrogen and oxygen atoms in total. The van der Waals surface area contributed by atoms with Gasteiger partial charge in [0.2, 0.25) is 5.91 Å². The quantitative estimate of drug-likeness (QED) is 0.686. The summed E-state index contributed by atoms with van der Waals surface area (Å²) < 4.78 is 1.82. The molecule has 2 aromatic heterocycles. The number of fused-ring (bicyclic) bond motifs is 1. The molecule has 1 N–H and O–H groups in total. The van der Waals surface area contributed by atoms with Gasteiger partial charge in [0.1, 0.15) is 0 Å². The maximum absolute atomic E-state index is 12.7. The summed E-state index contributed by atoms with van der Waals surface area (Å²) in [6.45, 7) is 3.18. The van der Waals surface area contributed by atoms with Crippen LogP contribution in [-0.2, 0) is 11.3 Å². The standard InChI is InChI=1S/C20H21N5O2S/c26-18(24-13-11-23(12-14-24)15-5-8-21-9-6-15)7-10-25-19(27)16-3-1-2-4-17(16)22-20(25)28/h1-6,8-9H,7,10-14H2,(H,22,28). The highest BCUT2D eigenvalue weighted by Crippen LogP contribution is 2.15. The van der Waals surface area contributed by atoms with Gasteiger partial charge in [-0.3, -0.25) is 19.1 Å². The zero-order valence-corrected chi connectivity index (χ0v) is 16.2. The fourth-order valence-corrected chi connectivity index (χ4v) is 3.82. The van der Waals surface area contributed by atoms with Crippen LogP contribution in [0.2, 0.25) is 0 Å². The lowest BCUT2D eigenvalue weighted by Gasteiger charge is -2.36. The van der Waals surface area contributed by atoms with Gasteiger partial charge in [0.05, 0.1) is 10.9 Å². The van der Waals surface area contributed by atoms with Gasteiger partial charge >= 0.3 is 0 Å². The average Bonchev–Trinajstić information content (AvgIpc) is 2.74. The number of nitrogens with one attached hydrogen (secondary N) is 1. The predicted octanol–water partition coefficient (Wildman–Crippen LogP) is 2.19. The normalized spacial score (nSPS) is 14.4. The summed E-state index contributed by atoms with van der Waals surface area (Å²) in [5.74, 6) is 0.0452. The van der Waals surface area contributed by atoms with Crippen LogP contribution in [0.15, 0.2) is 53.6 Å². The number of nitrogens with zero attached hydrogens (tertiary/aromatic N) is 4. The fraction of sp³-hybridized carbons (Fsp3) is 0.300. The third kappa shape index (κ3) is 3.68. The Hall–Kier alpha value is -3.00. The minimum atomic E-state index is -0.158. The predicted molar refractivity (Wildman–Crippen MR) is 111 cm³/mol. The highest BCUT2D eigenvalue weighted by Gasteiger charge is 2.21. The van der Waals surface area contributed by atoms with Crippen molar-refractivity contribution in [1.82, 2.24) is 19.4 Å². The van der Waals surface area contributed by atoms with E-state index >= 15 is 0 Å². The zero-order valence-electron chi connectivity index (χ0n) is 15.4. The Morgan fingerprint density at radius 3 is 2.54 bits per heavy atom. The van der Waals surface area contributed by atoms with Crippen molar-refractivity contribution in [2.45, 2.75) is 13.0 Å². The molecule has 0 atom stereocenters. The summed E-state index contributed by atoms with van der Waals surface area (Å²) in [6, 6.07) is 11.2. The molecule has 8 heteroatoms. The summed E-state index contributed by atoms with van der Waals surface area (Å²) in [4.78, 5) is 36.5. The lowest BCUT2D eigenvalue weighted by molar-refractivity contribution is -0.131. The first-order chi connectivity index (χ1) is 13.6. The molecule has 0 aliphatic carbocycles. The Balaban J connectivity index is 1.40. The number of hydrogen-bond donors (Lipinski definition) is 1. The molecule has 28 heavy (non-hydrogen) atoms. The van der Waals surface area contributed by atoms with E-state index in [0.717, 1.165) is 18.8 Å². The van der Waals surface area contributed by atoms with Crippen molar-refractivity contribution < 1.29 is 4.79 Å². The Bertz CT molecular complexity index is 1100. The third-order valence-electron chi connectivity index (χ3n) is 5.10. The molecule has 1 aromatic carbocycles. The molecule has 1 aliphatic rings. The van der Waals surface area contributed by atoms with E-state index in [4.69, 9.17) is 12.2 Å². The maximum atomic E-state index is 12.7. The number of aromatic amines is 1. The lowest BCUT2D eigenvalue weighted by atomic mass is 10.2. The largest absolute Gasteiger partial charge is 0.368 e. The van der Waals surface area contributed by atoms with Crippen molar-refractivity contribution in [3.8, 4) is 0 Å². The second-order valence-corrected chi connectivity index (χ2v) is 7.14. The first-order valence-electron chi connectivity index (χ1n) is 9.28. The number of piperazine rings is 1. The van der Waals surface area contributed by atoms with Crippen LogP contribution in [0.3, 0.4) is 0 Å². The molecule has 0 saturated carbocycles. The van der Waals surface area contributed by atoms with E-state index in [0.29, 0.717) is 28.8 Å². The first kappa shape index (κ1) is 18.4. The molecule has 0 spiro atoms. The Morgan fingerprint density at radius 1 is 1.07 bits per heavy atom. The lowest BCUT2D eigenvalue weighted by Crippen LogP contribution is -2.49. The van der Waals surface area contributed by atoms with E-state index in [1.165, 1.54) is 4.57 Å². The molecule has 3 aromatic rings. The Kier molecular flexibility index (Phi) is 5.21. The van der Waals surface area contributed by atoms with Crippen LogP contribution < -0.4 is 10.5 Å². The van der Waals surface area contributed by atoms with E-state index in [9.17, 15) is 9.59 Å². The van der Waals surface area contributed by atoms with Gasteiger partial charge in [-0.1, -0.05) is 12.1 Å². The van der Waals surface area contributed by atoms with Gasteiger partial charge in [0.15, 0.2) is 4.77 Å². The number of carbonyl (C=O) groups excluding carboxylic acids is 1. The number of anilines is 1. The monoisotopic (exact) mass is 395 g/mol. The van der Waals surface area contributed by atoms with Crippen LogP contribution in [0.1, 0.15) is 6.42 Å². The minimum absolute atomic E-state index is 0.0452. The number of carbonyl (C=O) groups is 1. The van der Waals surface area contributed by atoms with E-state index < -0.39 is 0 Å². The number of aromatic nitrogens is 3. The number of benzene rings is 1. The Labute approximate surface area is 167 Å². The molecule has 144 valence electrons. The summed E-state index contributed by atoms with van der Waals surface area (Å²) in [5, 5.41) is 0.578. The van der Waals surface area contributed by atoms with Gasteiger partial charge in [0, 0.05) is 57.2 Å². The SMILES string of the molecule is O=C(CCn1c(=S)[nH]c2ccccc2c1=O)N1CCN(c2ccncc2)CC1. The maximum Gasteiger partial charge on any atom is 0.262 e. The van der Waals surface area contributed by atoms with E-state index in [2.05, 4.69) is 14.9 Å². The van der Waals surface area contributed by atoms with Gasteiger partial charge in [-0.05, 0) is 36.5 Å². The molecular weight excluding hydrogens is 374 g/mol. The molecule has 1 aliphatic heterocycles. The molecule has 4 rings (SSSR count). The van der Waals surface area contributed by atoms with Crippen molar-refractivity contribution >= 4 is 34.7 Å². The van der Waals surface area contributed by atoms with Gasteiger partial charge in [-0.15, -0.1) is 0 Å². The molecule has 1 fully saturated rings. The fourth-order valence-electron chi connectivity index (χ4n) is 3.54. The second kappa shape index (κ2) is 7.93. The van der Waals surface area contributed by atoms with Crippen LogP contribution in [0, 0.1) is 4.77 Å². The summed E-state index contributed by atoms with van der Waals surface area (Å²) in [5.41, 5.74) is 1.68. The van der Waals surface area contributed by atoms with E-state index in [1.807, 2.05) is 35.2 Å². The minimum Gasteiger partial charge on any atom is -0.368 e. The van der Waals surface area contributed by atoms with E-state index in [1.54, 1.807) is 18.5 Å². The summed E-state index contributed by atoms with van der Waals surface area (Å²) in [7, 11) is 0. The van der Waals surface area contributed by atoms with Gasteiger partial charge in [-0.25, -0.2) is 0 Å². The number of para-hydroxylation sites is 1. The van der Waals surface area contributed by atoms with Gasteiger partial charge in [-0.2, -0.15) is 0 Å². The van der Waals surface area contributed by atoms with Crippen LogP contribution in [0.4, 0.5) is 5.69 Å². The average molecular weight is 395 g/mol. The van der Waals surface area contributed by atoms with Crippen molar-refractivity contribution in [2.24, 2.45) is 0 Å². The number of rotatable bonds is 4. The van der Waals surface area contributed by atoms with Crippen LogP contribution in [0.5, 0.6) is 0 Å². The highest BCUT2D eigenvalue weighted by atomic mass is 32.1. The molecule has 3 heterocycles. The van der Waals surface area contributed by atoms with Gasteiger partial charge in [0.25, 0.3) is 5.56 Å². The first-order valence-corrected chi connectivity index (χ1v) is 9.69. The molecule has 1 saturated heterocycles. The molecular formula is C20H21N5O2S. The van der Waals surface area contributed by atoms with Crippen molar-refractivity contribution in [3.63, 3.8) is 0 Å². The molecule has 0 bridgehead atoms. The second-order valence-electron chi connectivity index (χ2n) is 6.76. The van der Waals surface area contributed by atoms with Crippen LogP contribution in [0.25, 0.3) is 10.9 Å². The zero-order chi connectivity index (χ0) is 19.5. The van der Waals surface area contributed by atoms with Crippen molar-refractivity contribution in [1.29, 1.82) is 0 Å². The third-order valence-corrected chi connectivity index (χ3v) is 5.42. The number of pyridine rings is 1.